The fraction of sp³-hybridized carbons (Fsp3) is 0.160. The van der Waals surface area contributed by atoms with Crippen LogP contribution in [0.1, 0.15) is 39.6 Å². The highest BCUT2D eigenvalue weighted by molar-refractivity contribution is 6.39. The van der Waals surface area contributed by atoms with Crippen molar-refractivity contribution < 1.29 is 19.5 Å². The molecule has 1 heterocycles. The molecule has 4 rings (SSSR count). The lowest BCUT2D eigenvalue weighted by Gasteiger charge is -2.23. The number of amides is 1. The van der Waals surface area contributed by atoms with Gasteiger partial charge in [-0.05, 0) is 28.8 Å². The highest BCUT2D eigenvalue weighted by Crippen LogP contribution is 2.28. The van der Waals surface area contributed by atoms with E-state index in [1.165, 1.54) is 0 Å². The standard InChI is InChI=1S/C25H22N2O4/c28-24(22-15-23(31-26-22)20-9-5-2-6-10-20)27(16-18-7-3-1-4-8-18)17-19-11-13-21(14-12-19)25(29)30/h1-14,23H,15-17H2,(H,29,30). The van der Waals surface area contributed by atoms with Crippen LogP contribution in [0.15, 0.2) is 90.1 Å². The molecular weight excluding hydrogens is 392 g/mol. The molecule has 31 heavy (non-hydrogen) atoms. The van der Waals surface area contributed by atoms with Crippen LogP contribution in [0.4, 0.5) is 0 Å². The SMILES string of the molecule is O=C(O)c1ccc(CN(Cc2ccccc2)C(=O)C2=NOC(c3ccccc3)C2)cc1. The summed E-state index contributed by atoms with van der Waals surface area (Å²) in [6, 6.07) is 26.0. The summed E-state index contributed by atoms with van der Waals surface area (Å²) in [5.41, 5.74) is 3.41. The zero-order valence-corrected chi connectivity index (χ0v) is 16.8. The number of benzene rings is 3. The second-order valence-electron chi connectivity index (χ2n) is 7.40. The van der Waals surface area contributed by atoms with Crippen molar-refractivity contribution in [3.05, 3.63) is 107 Å². The number of aromatic carboxylic acids is 1. The number of carboxylic acids is 1. The first-order valence-electron chi connectivity index (χ1n) is 10.0. The molecule has 1 aliphatic heterocycles. The van der Waals surface area contributed by atoms with Crippen LogP contribution in [0.5, 0.6) is 0 Å². The van der Waals surface area contributed by atoms with E-state index in [4.69, 9.17) is 9.94 Å². The smallest absolute Gasteiger partial charge is 0.335 e. The van der Waals surface area contributed by atoms with Gasteiger partial charge < -0.3 is 14.8 Å². The molecule has 156 valence electrons. The van der Waals surface area contributed by atoms with Gasteiger partial charge in [0.05, 0.1) is 5.56 Å². The van der Waals surface area contributed by atoms with Crippen molar-refractivity contribution in [2.75, 3.05) is 0 Å². The van der Waals surface area contributed by atoms with Gasteiger partial charge >= 0.3 is 5.97 Å². The van der Waals surface area contributed by atoms with Crippen LogP contribution < -0.4 is 0 Å². The van der Waals surface area contributed by atoms with Gasteiger partial charge in [-0.3, -0.25) is 4.79 Å². The van der Waals surface area contributed by atoms with E-state index in [0.717, 1.165) is 16.7 Å². The van der Waals surface area contributed by atoms with Gasteiger partial charge in [-0.25, -0.2) is 4.79 Å². The van der Waals surface area contributed by atoms with Crippen molar-refractivity contribution in [3.63, 3.8) is 0 Å². The summed E-state index contributed by atoms with van der Waals surface area (Å²) < 4.78 is 0. The van der Waals surface area contributed by atoms with Crippen molar-refractivity contribution in [2.45, 2.75) is 25.6 Å². The van der Waals surface area contributed by atoms with Crippen LogP contribution in [-0.4, -0.2) is 27.6 Å². The van der Waals surface area contributed by atoms with Gasteiger partial charge in [0.25, 0.3) is 5.91 Å². The van der Waals surface area contributed by atoms with Crippen molar-refractivity contribution in [2.24, 2.45) is 5.16 Å². The Hall–Kier alpha value is -3.93. The van der Waals surface area contributed by atoms with E-state index in [1.807, 2.05) is 60.7 Å². The fourth-order valence-electron chi connectivity index (χ4n) is 3.51. The second kappa shape index (κ2) is 9.26. The van der Waals surface area contributed by atoms with Gasteiger partial charge in [-0.2, -0.15) is 0 Å². The average molecular weight is 414 g/mol. The fourth-order valence-corrected chi connectivity index (χ4v) is 3.51. The molecule has 1 unspecified atom stereocenters. The summed E-state index contributed by atoms with van der Waals surface area (Å²) in [6.07, 6.45) is 0.139. The number of hydrogen-bond acceptors (Lipinski definition) is 4. The normalized spacial score (nSPS) is 15.1. The maximum absolute atomic E-state index is 13.3. The number of carbonyl (C=O) groups excluding carboxylic acids is 1. The number of carbonyl (C=O) groups is 2. The van der Waals surface area contributed by atoms with Crippen LogP contribution in [0.3, 0.4) is 0 Å². The van der Waals surface area contributed by atoms with E-state index in [0.29, 0.717) is 25.2 Å². The first-order chi connectivity index (χ1) is 15.1. The molecule has 1 amide bonds. The molecule has 0 bridgehead atoms. The molecule has 0 fully saturated rings. The molecule has 6 heteroatoms. The van der Waals surface area contributed by atoms with Gasteiger partial charge in [0, 0.05) is 19.5 Å². The van der Waals surface area contributed by atoms with Crippen LogP contribution in [0.25, 0.3) is 0 Å². The Morgan fingerprint density at radius 3 is 2.06 bits per heavy atom. The Balaban J connectivity index is 1.52. The summed E-state index contributed by atoms with van der Waals surface area (Å²) in [5.74, 6) is -1.17. The lowest BCUT2D eigenvalue weighted by atomic mass is 10.0. The minimum atomic E-state index is -0.979. The number of oxime groups is 1. The van der Waals surface area contributed by atoms with Crippen LogP contribution >= 0.6 is 0 Å². The number of nitrogens with zero attached hydrogens (tertiary/aromatic N) is 2. The van der Waals surface area contributed by atoms with Gasteiger partial charge in [0.2, 0.25) is 0 Å². The van der Waals surface area contributed by atoms with Crippen molar-refractivity contribution in [1.29, 1.82) is 0 Å². The molecule has 3 aromatic carbocycles. The molecule has 1 atom stereocenters. The van der Waals surface area contributed by atoms with Crippen molar-refractivity contribution >= 4 is 17.6 Å². The Bertz CT molecular complexity index is 1080. The Morgan fingerprint density at radius 1 is 0.871 bits per heavy atom. The van der Waals surface area contributed by atoms with Crippen molar-refractivity contribution in [3.8, 4) is 0 Å². The molecule has 1 N–H and O–H groups in total. The molecule has 3 aromatic rings. The monoisotopic (exact) mass is 414 g/mol. The predicted molar refractivity (Wildman–Crippen MR) is 116 cm³/mol. The van der Waals surface area contributed by atoms with Gasteiger partial charge in [0.1, 0.15) is 5.71 Å². The molecule has 1 aliphatic rings. The Kier molecular flexibility index (Phi) is 6.08. The van der Waals surface area contributed by atoms with E-state index < -0.39 is 5.97 Å². The quantitative estimate of drug-likeness (QED) is 0.620. The lowest BCUT2D eigenvalue weighted by Crippen LogP contribution is -2.35. The second-order valence-corrected chi connectivity index (χ2v) is 7.40. The first-order valence-corrected chi connectivity index (χ1v) is 10.0. The molecule has 0 spiro atoms. The zero-order valence-electron chi connectivity index (χ0n) is 16.8. The lowest BCUT2D eigenvalue weighted by molar-refractivity contribution is -0.125. The highest BCUT2D eigenvalue weighted by Gasteiger charge is 2.30. The van der Waals surface area contributed by atoms with E-state index >= 15 is 0 Å². The molecular formula is C25H22N2O4. The zero-order chi connectivity index (χ0) is 21.6. The molecule has 0 saturated heterocycles. The topological polar surface area (TPSA) is 79.2 Å². The van der Waals surface area contributed by atoms with Crippen molar-refractivity contribution in [1.82, 2.24) is 4.90 Å². The Morgan fingerprint density at radius 2 is 1.45 bits per heavy atom. The van der Waals surface area contributed by atoms with Crippen LogP contribution in [0, 0.1) is 0 Å². The molecule has 0 aromatic heterocycles. The third kappa shape index (κ3) is 4.98. The summed E-state index contributed by atoms with van der Waals surface area (Å²) in [7, 11) is 0. The molecule has 0 radical (unpaired) electrons. The Labute approximate surface area is 180 Å². The van der Waals surface area contributed by atoms with E-state index in [9.17, 15) is 9.59 Å². The maximum atomic E-state index is 13.3. The van der Waals surface area contributed by atoms with E-state index in [-0.39, 0.29) is 17.6 Å². The molecule has 0 saturated carbocycles. The van der Waals surface area contributed by atoms with Gasteiger partial charge in [-0.1, -0.05) is 78.0 Å². The summed E-state index contributed by atoms with van der Waals surface area (Å²) in [4.78, 5) is 31.7. The third-order valence-corrected chi connectivity index (χ3v) is 5.16. The minimum absolute atomic E-state index is 0.190. The van der Waals surface area contributed by atoms with E-state index in [2.05, 4.69) is 5.16 Å². The number of hydrogen-bond donors (Lipinski definition) is 1. The van der Waals surface area contributed by atoms with Crippen LogP contribution in [-0.2, 0) is 22.7 Å². The summed E-state index contributed by atoms with van der Waals surface area (Å²) >= 11 is 0. The van der Waals surface area contributed by atoms with Crippen LogP contribution in [0.2, 0.25) is 0 Å². The van der Waals surface area contributed by atoms with Gasteiger partial charge in [-0.15, -0.1) is 0 Å². The number of carboxylic acid groups (broad SMARTS) is 1. The minimum Gasteiger partial charge on any atom is -0.478 e. The highest BCUT2D eigenvalue weighted by atomic mass is 16.6. The third-order valence-electron chi connectivity index (χ3n) is 5.16. The molecule has 0 aliphatic carbocycles. The van der Waals surface area contributed by atoms with Gasteiger partial charge in [0.15, 0.2) is 6.10 Å². The number of rotatable bonds is 7. The molecule has 6 nitrogen and oxygen atoms in total. The first kappa shape index (κ1) is 20.3. The largest absolute Gasteiger partial charge is 0.478 e. The maximum Gasteiger partial charge on any atom is 0.335 e. The summed E-state index contributed by atoms with van der Waals surface area (Å²) in [5, 5.41) is 13.2. The predicted octanol–water partition coefficient (Wildman–Crippen LogP) is 4.43. The van der Waals surface area contributed by atoms with E-state index in [1.54, 1.807) is 29.2 Å². The summed E-state index contributed by atoms with van der Waals surface area (Å²) in [6.45, 7) is 0.748. The average Bonchev–Trinajstić information content (AvgIpc) is 3.30.